The summed E-state index contributed by atoms with van der Waals surface area (Å²) in [5.74, 6) is -1.13. The third kappa shape index (κ3) is 2.38. The number of hydrogen-bond donors (Lipinski definition) is 1. The van der Waals surface area contributed by atoms with Crippen molar-refractivity contribution in [1.29, 1.82) is 0 Å². The number of halogens is 3. The van der Waals surface area contributed by atoms with Crippen molar-refractivity contribution in [3.8, 4) is 0 Å². The molecule has 0 aliphatic heterocycles. The number of aromatic amines is 1. The first kappa shape index (κ1) is 12.6. The molecule has 1 rings (SSSR count). The van der Waals surface area contributed by atoms with Crippen molar-refractivity contribution in [2.24, 2.45) is 0 Å². The highest BCUT2D eigenvalue weighted by Gasteiger charge is 2.19. The van der Waals surface area contributed by atoms with Gasteiger partial charge in [-0.05, 0) is 11.6 Å². The van der Waals surface area contributed by atoms with E-state index >= 15 is 0 Å². The number of aromatic nitrogens is 1. The van der Waals surface area contributed by atoms with Crippen LogP contribution >= 0.6 is 11.6 Å². The van der Waals surface area contributed by atoms with Gasteiger partial charge in [-0.1, -0.05) is 0 Å². The number of nitrogens with one attached hydrogen (secondary N) is 1. The molecule has 0 spiro atoms. The molecule has 1 aromatic heterocycles. The van der Waals surface area contributed by atoms with Crippen molar-refractivity contribution in [2.45, 2.75) is 12.3 Å². The summed E-state index contributed by atoms with van der Waals surface area (Å²) in [7, 11) is 1.09. The summed E-state index contributed by atoms with van der Waals surface area (Å²) in [6.07, 6.45) is -2.85. The summed E-state index contributed by atoms with van der Waals surface area (Å²) in [5, 5.41) is 0. The van der Waals surface area contributed by atoms with Crippen LogP contribution in [-0.4, -0.2) is 18.1 Å². The van der Waals surface area contributed by atoms with E-state index < -0.39 is 23.6 Å². The summed E-state index contributed by atoms with van der Waals surface area (Å²) in [5.41, 5.74) is -1.84. The molecule has 16 heavy (non-hydrogen) atoms. The lowest BCUT2D eigenvalue weighted by molar-refractivity contribution is 0.0597. The van der Waals surface area contributed by atoms with Gasteiger partial charge in [0.25, 0.3) is 12.0 Å². The maximum absolute atomic E-state index is 12.5. The lowest BCUT2D eigenvalue weighted by Crippen LogP contribution is -2.21. The van der Waals surface area contributed by atoms with E-state index in [4.69, 9.17) is 11.6 Å². The zero-order valence-electron chi connectivity index (χ0n) is 8.22. The monoisotopic (exact) mass is 251 g/mol. The van der Waals surface area contributed by atoms with Gasteiger partial charge in [0, 0.05) is 5.88 Å². The molecule has 0 unspecified atom stereocenters. The number of hydrogen-bond acceptors (Lipinski definition) is 3. The molecule has 0 aliphatic rings. The van der Waals surface area contributed by atoms with Gasteiger partial charge < -0.3 is 9.72 Å². The molecule has 88 valence electrons. The minimum atomic E-state index is -2.85. The van der Waals surface area contributed by atoms with E-state index in [9.17, 15) is 18.4 Å². The number of methoxy groups -OCH3 is 1. The SMILES string of the molecule is COC(=O)c1cc(CCl)c(C(F)F)[nH]c1=O. The average Bonchev–Trinajstić information content (AvgIpc) is 2.27. The maximum atomic E-state index is 12.5. The number of H-pyrrole nitrogens is 1. The summed E-state index contributed by atoms with van der Waals surface area (Å²) < 4.78 is 29.3. The predicted molar refractivity (Wildman–Crippen MR) is 52.9 cm³/mol. The number of ether oxygens (including phenoxy) is 1. The number of alkyl halides is 3. The third-order valence-corrected chi connectivity index (χ3v) is 2.21. The molecular formula is C9H8ClF2NO3. The van der Waals surface area contributed by atoms with Crippen molar-refractivity contribution in [3.05, 3.63) is 33.2 Å². The highest BCUT2D eigenvalue weighted by molar-refractivity contribution is 6.17. The molecule has 0 radical (unpaired) electrons. The van der Waals surface area contributed by atoms with E-state index in [0.717, 1.165) is 13.2 Å². The second-order valence-electron chi connectivity index (χ2n) is 2.88. The lowest BCUT2D eigenvalue weighted by Gasteiger charge is -2.07. The molecule has 0 atom stereocenters. The van der Waals surface area contributed by atoms with Crippen LogP contribution in [0.3, 0.4) is 0 Å². The minimum absolute atomic E-state index is 0.00309. The molecule has 0 aliphatic carbocycles. The molecule has 1 aromatic rings. The van der Waals surface area contributed by atoms with Crippen molar-refractivity contribution < 1.29 is 18.3 Å². The van der Waals surface area contributed by atoms with E-state index in [-0.39, 0.29) is 17.0 Å². The smallest absolute Gasteiger partial charge is 0.343 e. The van der Waals surface area contributed by atoms with Gasteiger partial charge in [-0.3, -0.25) is 4.79 Å². The number of pyridine rings is 1. The molecule has 4 nitrogen and oxygen atoms in total. The number of esters is 1. The zero-order chi connectivity index (χ0) is 12.3. The fourth-order valence-electron chi connectivity index (χ4n) is 1.15. The van der Waals surface area contributed by atoms with Crippen LogP contribution in [0, 0.1) is 0 Å². The van der Waals surface area contributed by atoms with Crippen LogP contribution in [0.15, 0.2) is 10.9 Å². The van der Waals surface area contributed by atoms with Crippen LogP contribution in [-0.2, 0) is 10.6 Å². The van der Waals surface area contributed by atoms with E-state index in [1.54, 1.807) is 0 Å². The normalized spacial score (nSPS) is 10.6. The van der Waals surface area contributed by atoms with Crippen LogP contribution in [0.5, 0.6) is 0 Å². The Morgan fingerprint density at radius 2 is 2.25 bits per heavy atom. The molecule has 0 saturated heterocycles. The number of carbonyl (C=O) groups is 1. The average molecular weight is 252 g/mol. The van der Waals surface area contributed by atoms with Gasteiger partial charge in [0.05, 0.1) is 12.8 Å². The second-order valence-corrected chi connectivity index (χ2v) is 3.14. The fraction of sp³-hybridized carbons (Fsp3) is 0.333. The minimum Gasteiger partial charge on any atom is -0.465 e. The molecule has 0 fully saturated rings. The molecular weight excluding hydrogens is 244 g/mol. The molecule has 0 aromatic carbocycles. The predicted octanol–water partition coefficient (Wildman–Crippen LogP) is 1.84. The van der Waals surface area contributed by atoms with Gasteiger partial charge in [0.15, 0.2) is 0 Å². The molecule has 1 N–H and O–H groups in total. The van der Waals surface area contributed by atoms with Crippen molar-refractivity contribution in [1.82, 2.24) is 4.98 Å². The Labute approximate surface area is 94.2 Å². The van der Waals surface area contributed by atoms with Gasteiger partial charge in [-0.2, -0.15) is 0 Å². The lowest BCUT2D eigenvalue weighted by atomic mass is 10.1. The third-order valence-electron chi connectivity index (χ3n) is 1.92. The fourth-order valence-corrected chi connectivity index (χ4v) is 1.38. The number of rotatable bonds is 3. The summed E-state index contributed by atoms with van der Waals surface area (Å²) in [6, 6.07) is 1.01. The van der Waals surface area contributed by atoms with Gasteiger partial charge >= 0.3 is 5.97 Å². The molecule has 0 amide bonds. The second kappa shape index (κ2) is 5.07. The first-order valence-corrected chi connectivity index (χ1v) is 4.73. The van der Waals surface area contributed by atoms with Gasteiger partial charge in [-0.25, -0.2) is 13.6 Å². The zero-order valence-corrected chi connectivity index (χ0v) is 8.98. The van der Waals surface area contributed by atoms with Crippen molar-refractivity contribution in [3.63, 3.8) is 0 Å². The Bertz CT molecular complexity index is 459. The Morgan fingerprint density at radius 1 is 1.62 bits per heavy atom. The largest absolute Gasteiger partial charge is 0.465 e. The molecule has 1 heterocycles. The van der Waals surface area contributed by atoms with Crippen LogP contribution in [0.1, 0.15) is 28.0 Å². The first-order valence-electron chi connectivity index (χ1n) is 4.19. The Kier molecular flexibility index (Phi) is 4.00. The summed E-state index contributed by atoms with van der Waals surface area (Å²) in [4.78, 5) is 24.3. The van der Waals surface area contributed by atoms with E-state index in [1.165, 1.54) is 0 Å². The quantitative estimate of drug-likeness (QED) is 0.659. The van der Waals surface area contributed by atoms with Gasteiger partial charge in [-0.15, -0.1) is 11.6 Å². The molecule has 0 bridgehead atoms. The Morgan fingerprint density at radius 3 is 2.69 bits per heavy atom. The van der Waals surface area contributed by atoms with E-state index in [1.807, 2.05) is 4.98 Å². The standard InChI is InChI=1S/C9H8ClF2NO3/c1-16-9(15)5-2-4(3-10)6(7(11)12)13-8(5)14/h2,7H,3H2,1H3,(H,13,14). The Balaban J connectivity index is 3.37. The van der Waals surface area contributed by atoms with Crippen LogP contribution < -0.4 is 5.56 Å². The topological polar surface area (TPSA) is 59.2 Å². The van der Waals surface area contributed by atoms with Crippen LogP contribution in [0.25, 0.3) is 0 Å². The summed E-state index contributed by atoms with van der Waals surface area (Å²) >= 11 is 5.44. The van der Waals surface area contributed by atoms with E-state index in [2.05, 4.69) is 4.74 Å². The number of carbonyl (C=O) groups excluding carboxylic acids is 1. The molecule has 0 saturated carbocycles. The Hall–Kier alpha value is -1.43. The molecule has 7 heteroatoms. The van der Waals surface area contributed by atoms with Crippen molar-refractivity contribution in [2.75, 3.05) is 7.11 Å². The van der Waals surface area contributed by atoms with Crippen LogP contribution in [0.2, 0.25) is 0 Å². The van der Waals surface area contributed by atoms with Crippen LogP contribution in [0.4, 0.5) is 8.78 Å². The highest BCUT2D eigenvalue weighted by Crippen LogP contribution is 2.21. The van der Waals surface area contributed by atoms with Gasteiger partial charge in [0.1, 0.15) is 5.56 Å². The summed E-state index contributed by atoms with van der Waals surface area (Å²) in [6.45, 7) is 0. The van der Waals surface area contributed by atoms with Crippen molar-refractivity contribution >= 4 is 17.6 Å². The first-order chi connectivity index (χ1) is 7.51. The van der Waals surface area contributed by atoms with E-state index in [0.29, 0.717) is 0 Å². The highest BCUT2D eigenvalue weighted by atomic mass is 35.5. The maximum Gasteiger partial charge on any atom is 0.343 e. The van der Waals surface area contributed by atoms with Gasteiger partial charge in [0.2, 0.25) is 0 Å².